The van der Waals surface area contributed by atoms with Gasteiger partial charge in [-0.2, -0.15) is 5.10 Å². The van der Waals surface area contributed by atoms with Crippen LogP contribution in [0.4, 0.5) is 0 Å². The molecule has 1 N–H and O–H groups in total. The van der Waals surface area contributed by atoms with Gasteiger partial charge < -0.3 is 10.2 Å². The van der Waals surface area contributed by atoms with Crippen LogP contribution in [0.5, 0.6) is 0 Å². The lowest BCUT2D eigenvalue weighted by Gasteiger charge is -2.32. The second-order valence-electron chi connectivity index (χ2n) is 7.98. The maximum atomic E-state index is 12.9. The minimum Gasteiger partial charge on any atom is -0.353 e. The molecule has 162 valence electrons. The van der Waals surface area contributed by atoms with Crippen molar-refractivity contribution in [2.24, 2.45) is 0 Å². The lowest BCUT2D eigenvalue weighted by molar-refractivity contribution is -0.122. The molecule has 8 nitrogen and oxygen atoms in total. The first-order valence-electron chi connectivity index (χ1n) is 10.7. The van der Waals surface area contributed by atoms with E-state index in [1.807, 2.05) is 30.3 Å². The second-order valence-corrected chi connectivity index (χ2v) is 7.98. The van der Waals surface area contributed by atoms with Gasteiger partial charge in [-0.25, -0.2) is 4.68 Å². The molecule has 8 heteroatoms. The monoisotopic (exact) mass is 420 g/mol. The van der Waals surface area contributed by atoms with Gasteiger partial charge in [-0.15, -0.1) is 0 Å². The van der Waals surface area contributed by atoms with Crippen LogP contribution in [0.2, 0.25) is 0 Å². The zero-order chi connectivity index (χ0) is 21.6. The molecule has 0 unspecified atom stereocenters. The van der Waals surface area contributed by atoms with Gasteiger partial charge >= 0.3 is 0 Å². The van der Waals surface area contributed by atoms with Crippen molar-refractivity contribution in [3.05, 3.63) is 70.4 Å². The fraction of sp³-hybridized carbons (Fsp3) is 0.391. The standard InChI is InChI=1S/C23H28N6O2/c1-27-12-14-28(15-13-27)11-10-25-22(30)17-29-23(31)20-5-3-2-4-19(20)21(26-29)16-18-6-8-24-9-7-18/h2-9H,10-17H2,1H3,(H,25,30). The summed E-state index contributed by atoms with van der Waals surface area (Å²) in [5, 5.41) is 8.87. The maximum Gasteiger partial charge on any atom is 0.275 e. The normalized spacial score (nSPS) is 15.3. The van der Waals surface area contributed by atoms with E-state index >= 15 is 0 Å². The van der Waals surface area contributed by atoms with Gasteiger partial charge in [-0.3, -0.25) is 19.5 Å². The molecule has 3 aromatic rings. The van der Waals surface area contributed by atoms with E-state index in [1.165, 1.54) is 4.68 Å². The number of benzene rings is 1. The minimum atomic E-state index is -0.247. The number of aromatic nitrogens is 3. The van der Waals surface area contributed by atoms with Gasteiger partial charge in [0.1, 0.15) is 6.54 Å². The first-order valence-corrected chi connectivity index (χ1v) is 10.7. The average molecular weight is 421 g/mol. The molecule has 0 saturated carbocycles. The van der Waals surface area contributed by atoms with Crippen LogP contribution in [0.25, 0.3) is 10.8 Å². The number of hydrogen-bond donors (Lipinski definition) is 1. The lowest BCUT2D eigenvalue weighted by Crippen LogP contribution is -2.47. The van der Waals surface area contributed by atoms with Gasteiger partial charge in [0.2, 0.25) is 5.91 Å². The van der Waals surface area contributed by atoms with Crippen molar-refractivity contribution >= 4 is 16.7 Å². The summed E-state index contributed by atoms with van der Waals surface area (Å²) < 4.78 is 1.28. The molecule has 0 radical (unpaired) electrons. The molecule has 2 aromatic heterocycles. The van der Waals surface area contributed by atoms with Crippen LogP contribution in [0.15, 0.2) is 53.6 Å². The Kier molecular flexibility index (Phi) is 6.69. The predicted molar refractivity (Wildman–Crippen MR) is 120 cm³/mol. The molecule has 1 amide bonds. The lowest BCUT2D eigenvalue weighted by atomic mass is 10.1. The van der Waals surface area contributed by atoms with Gasteiger partial charge in [0.05, 0.1) is 11.1 Å². The third kappa shape index (κ3) is 5.34. The van der Waals surface area contributed by atoms with Crippen molar-refractivity contribution in [1.29, 1.82) is 0 Å². The van der Waals surface area contributed by atoms with E-state index in [0.717, 1.165) is 49.4 Å². The summed E-state index contributed by atoms with van der Waals surface area (Å²) in [7, 11) is 2.12. The molecule has 1 aromatic carbocycles. The van der Waals surface area contributed by atoms with Crippen molar-refractivity contribution in [2.45, 2.75) is 13.0 Å². The molecule has 1 aliphatic heterocycles. The Morgan fingerprint density at radius 3 is 2.48 bits per heavy atom. The van der Waals surface area contributed by atoms with Crippen LogP contribution < -0.4 is 10.9 Å². The van der Waals surface area contributed by atoms with Crippen LogP contribution in [-0.4, -0.2) is 76.8 Å². The molecule has 0 aliphatic carbocycles. The number of fused-ring (bicyclic) bond motifs is 1. The summed E-state index contributed by atoms with van der Waals surface area (Å²) in [6.07, 6.45) is 4.04. The van der Waals surface area contributed by atoms with E-state index in [-0.39, 0.29) is 18.0 Å². The number of nitrogens with zero attached hydrogens (tertiary/aromatic N) is 5. The summed E-state index contributed by atoms with van der Waals surface area (Å²) in [4.78, 5) is 34.1. The SMILES string of the molecule is CN1CCN(CCNC(=O)Cn2nc(Cc3ccncc3)c3ccccc3c2=O)CC1. The van der Waals surface area contributed by atoms with Gasteiger partial charge in [0.25, 0.3) is 5.56 Å². The molecule has 4 rings (SSSR count). The Morgan fingerprint density at radius 1 is 1.03 bits per heavy atom. The van der Waals surface area contributed by atoms with Crippen molar-refractivity contribution < 1.29 is 4.79 Å². The average Bonchev–Trinajstić information content (AvgIpc) is 2.79. The number of carbonyl (C=O) groups is 1. The number of pyridine rings is 1. The highest BCUT2D eigenvalue weighted by Gasteiger charge is 2.15. The van der Waals surface area contributed by atoms with Gasteiger partial charge in [-0.1, -0.05) is 18.2 Å². The van der Waals surface area contributed by atoms with E-state index in [0.29, 0.717) is 18.4 Å². The molecule has 0 atom stereocenters. The Hall–Kier alpha value is -3.10. The number of amides is 1. The van der Waals surface area contributed by atoms with Crippen molar-refractivity contribution in [3.63, 3.8) is 0 Å². The molecular formula is C23H28N6O2. The highest BCUT2D eigenvalue weighted by Crippen LogP contribution is 2.16. The fourth-order valence-electron chi connectivity index (χ4n) is 3.85. The molecule has 0 spiro atoms. The fourth-order valence-corrected chi connectivity index (χ4v) is 3.85. The Bertz CT molecular complexity index is 1090. The molecule has 1 saturated heterocycles. The first-order chi connectivity index (χ1) is 15.1. The largest absolute Gasteiger partial charge is 0.353 e. The van der Waals surface area contributed by atoms with Gasteiger partial charge in [-0.05, 0) is 30.8 Å². The van der Waals surface area contributed by atoms with E-state index < -0.39 is 0 Å². The molecule has 1 aliphatic rings. The summed E-state index contributed by atoms with van der Waals surface area (Å²) in [6, 6.07) is 11.3. The molecule has 3 heterocycles. The van der Waals surface area contributed by atoms with Crippen molar-refractivity contribution in [3.8, 4) is 0 Å². The third-order valence-corrected chi connectivity index (χ3v) is 5.70. The molecule has 0 bridgehead atoms. The van der Waals surface area contributed by atoms with Crippen LogP contribution in [0.3, 0.4) is 0 Å². The number of likely N-dealkylation sites (N-methyl/N-ethyl adjacent to an activating group) is 1. The zero-order valence-corrected chi connectivity index (χ0v) is 17.8. The maximum absolute atomic E-state index is 12.9. The van der Waals surface area contributed by atoms with Crippen LogP contribution in [0.1, 0.15) is 11.3 Å². The van der Waals surface area contributed by atoms with Crippen molar-refractivity contribution in [2.75, 3.05) is 46.3 Å². The van der Waals surface area contributed by atoms with Crippen LogP contribution in [-0.2, 0) is 17.8 Å². The summed E-state index contributed by atoms with van der Waals surface area (Å²) >= 11 is 0. The Morgan fingerprint density at radius 2 is 1.74 bits per heavy atom. The quantitative estimate of drug-likeness (QED) is 0.607. The highest BCUT2D eigenvalue weighted by atomic mass is 16.2. The van der Waals surface area contributed by atoms with Crippen LogP contribution >= 0.6 is 0 Å². The topological polar surface area (TPSA) is 83.4 Å². The van der Waals surface area contributed by atoms with Gasteiger partial charge in [0, 0.05) is 63.5 Å². The van der Waals surface area contributed by atoms with E-state index in [1.54, 1.807) is 18.5 Å². The van der Waals surface area contributed by atoms with E-state index in [2.05, 4.69) is 32.2 Å². The van der Waals surface area contributed by atoms with E-state index in [9.17, 15) is 9.59 Å². The molecular weight excluding hydrogens is 392 g/mol. The number of carbonyl (C=O) groups excluding carboxylic acids is 1. The minimum absolute atomic E-state index is 0.0875. The first kappa shape index (κ1) is 21.1. The van der Waals surface area contributed by atoms with E-state index in [4.69, 9.17) is 0 Å². The highest BCUT2D eigenvalue weighted by molar-refractivity contribution is 5.84. The molecule has 31 heavy (non-hydrogen) atoms. The zero-order valence-electron chi connectivity index (χ0n) is 17.8. The molecule has 1 fully saturated rings. The van der Waals surface area contributed by atoms with Crippen LogP contribution in [0, 0.1) is 0 Å². The number of piperazine rings is 1. The second kappa shape index (κ2) is 9.80. The summed E-state index contributed by atoms with van der Waals surface area (Å²) in [5.74, 6) is -0.200. The Balaban J connectivity index is 1.46. The van der Waals surface area contributed by atoms with Crippen molar-refractivity contribution in [1.82, 2.24) is 29.9 Å². The predicted octanol–water partition coefficient (Wildman–Crippen LogP) is 0.746. The smallest absolute Gasteiger partial charge is 0.275 e. The third-order valence-electron chi connectivity index (χ3n) is 5.70. The summed E-state index contributed by atoms with van der Waals surface area (Å²) in [6.45, 7) is 5.40. The number of rotatable bonds is 7. The number of hydrogen-bond acceptors (Lipinski definition) is 6. The number of nitrogens with one attached hydrogen (secondary N) is 1. The van der Waals surface area contributed by atoms with Gasteiger partial charge in [0.15, 0.2) is 0 Å². The summed E-state index contributed by atoms with van der Waals surface area (Å²) in [5.41, 5.74) is 1.57. The Labute approximate surface area is 181 Å².